The molecule has 0 aromatic carbocycles. The summed E-state index contributed by atoms with van der Waals surface area (Å²) in [7, 11) is 0. The van der Waals surface area contributed by atoms with E-state index in [1.807, 2.05) is 20.8 Å². The highest BCUT2D eigenvalue weighted by Crippen LogP contribution is 2.24. The first-order valence-electron chi connectivity index (χ1n) is 5.61. The van der Waals surface area contributed by atoms with E-state index in [-0.39, 0.29) is 0 Å². The number of anilines is 2. The van der Waals surface area contributed by atoms with Gasteiger partial charge in [-0.25, -0.2) is 9.97 Å². The van der Waals surface area contributed by atoms with Crippen LogP contribution in [-0.4, -0.2) is 23.1 Å². The zero-order valence-electron chi connectivity index (χ0n) is 9.82. The highest BCUT2D eigenvalue weighted by molar-refractivity contribution is 5.64. The molecular weight excluding hydrogens is 188 g/mol. The minimum atomic E-state index is 0.726. The molecule has 0 spiro atoms. The summed E-state index contributed by atoms with van der Waals surface area (Å²) >= 11 is 0. The number of hydrogen-bond acceptors (Lipinski definition) is 4. The van der Waals surface area contributed by atoms with Gasteiger partial charge in [0.25, 0.3) is 0 Å². The van der Waals surface area contributed by atoms with E-state index in [0.29, 0.717) is 0 Å². The van der Waals surface area contributed by atoms with Crippen molar-refractivity contribution in [3.05, 3.63) is 12.0 Å². The number of hydrogen-bond donors (Lipinski definition) is 1. The summed E-state index contributed by atoms with van der Waals surface area (Å²) in [6.07, 6.45) is 4.06. The van der Waals surface area contributed by atoms with Crippen LogP contribution in [0.15, 0.2) is 6.33 Å². The topological polar surface area (TPSA) is 55.0 Å². The van der Waals surface area contributed by atoms with Crippen molar-refractivity contribution in [1.29, 1.82) is 0 Å². The normalized spacial score (nSPS) is 14.7. The summed E-state index contributed by atoms with van der Waals surface area (Å²) < 4.78 is 0. The Labute approximate surface area is 91.5 Å². The van der Waals surface area contributed by atoms with E-state index in [1.165, 1.54) is 12.8 Å². The minimum Gasteiger partial charge on any atom is -0.394 e. The molecule has 1 fully saturated rings. The van der Waals surface area contributed by atoms with E-state index >= 15 is 0 Å². The van der Waals surface area contributed by atoms with Gasteiger partial charge >= 0.3 is 0 Å². The van der Waals surface area contributed by atoms with Crippen LogP contribution in [0.2, 0.25) is 0 Å². The maximum atomic E-state index is 5.90. The van der Waals surface area contributed by atoms with E-state index in [9.17, 15) is 0 Å². The van der Waals surface area contributed by atoms with Crippen molar-refractivity contribution in [2.24, 2.45) is 0 Å². The van der Waals surface area contributed by atoms with E-state index in [2.05, 4.69) is 14.9 Å². The molecule has 4 nitrogen and oxygen atoms in total. The van der Waals surface area contributed by atoms with E-state index in [4.69, 9.17) is 5.73 Å². The molecule has 84 valence electrons. The first-order valence-corrected chi connectivity index (χ1v) is 5.61. The molecule has 2 rings (SSSR count). The molecule has 15 heavy (non-hydrogen) atoms. The van der Waals surface area contributed by atoms with Gasteiger partial charge in [-0.2, -0.15) is 0 Å². The van der Waals surface area contributed by atoms with Gasteiger partial charge in [-0.3, -0.25) is 0 Å². The lowest BCUT2D eigenvalue weighted by Crippen LogP contribution is -2.21. The molecule has 0 radical (unpaired) electrons. The lowest BCUT2D eigenvalue weighted by Gasteiger charge is -2.18. The van der Waals surface area contributed by atoms with Gasteiger partial charge in [-0.05, 0) is 19.8 Å². The number of aryl methyl sites for hydroxylation is 1. The molecule has 0 aliphatic carbocycles. The predicted octanol–water partition coefficient (Wildman–Crippen LogP) is 1.99. The Bertz CT molecular complexity index is 305. The van der Waals surface area contributed by atoms with Gasteiger partial charge in [0.1, 0.15) is 6.33 Å². The first-order chi connectivity index (χ1) is 7.29. The van der Waals surface area contributed by atoms with Crippen molar-refractivity contribution in [3.63, 3.8) is 0 Å². The standard InChI is InChI=1S/C9H14N4.C2H6/c1-7-8(10)9(12-6-11-7)13-4-2-3-5-13;1-2/h6H,2-5,10H2,1H3;1-2H3. The second-order valence-corrected chi connectivity index (χ2v) is 3.39. The van der Waals surface area contributed by atoms with E-state index in [1.54, 1.807) is 6.33 Å². The number of aromatic nitrogens is 2. The van der Waals surface area contributed by atoms with Crippen LogP contribution in [0.3, 0.4) is 0 Å². The predicted molar refractivity (Wildman–Crippen MR) is 64.0 cm³/mol. The largest absolute Gasteiger partial charge is 0.394 e. The Morgan fingerprint density at radius 3 is 2.40 bits per heavy atom. The molecule has 0 unspecified atom stereocenters. The van der Waals surface area contributed by atoms with Crippen molar-refractivity contribution in [1.82, 2.24) is 9.97 Å². The Kier molecular flexibility index (Phi) is 4.34. The lowest BCUT2D eigenvalue weighted by molar-refractivity contribution is 0.924. The molecule has 1 aromatic rings. The van der Waals surface area contributed by atoms with Gasteiger partial charge < -0.3 is 10.6 Å². The molecule has 4 heteroatoms. The molecular formula is C11H20N4. The summed E-state index contributed by atoms with van der Waals surface area (Å²) in [5.41, 5.74) is 7.49. The third kappa shape index (κ3) is 2.58. The Balaban J connectivity index is 0.000000531. The minimum absolute atomic E-state index is 0.726. The molecule has 0 bridgehead atoms. The maximum Gasteiger partial charge on any atom is 0.155 e. The molecule has 0 saturated carbocycles. The second-order valence-electron chi connectivity index (χ2n) is 3.39. The fourth-order valence-electron chi connectivity index (χ4n) is 1.65. The zero-order chi connectivity index (χ0) is 11.3. The van der Waals surface area contributed by atoms with Crippen molar-refractivity contribution in [2.45, 2.75) is 33.6 Å². The lowest BCUT2D eigenvalue weighted by atomic mass is 10.3. The first kappa shape index (κ1) is 11.8. The van der Waals surface area contributed by atoms with Gasteiger partial charge in [-0.15, -0.1) is 0 Å². The third-order valence-electron chi connectivity index (χ3n) is 2.47. The molecule has 1 saturated heterocycles. The van der Waals surface area contributed by atoms with Crippen LogP contribution in [-0.2, 0) is 0 Å². The molecule has 0 atom stereocenters. The average molecular weight is 208 g/mol. The zero-order valence-corrected chi connectivity index (χ0v) is 9.82. The van der Waals surface area contributed by atoms with Crippen molar-refractivity contribution in [3.8, 4) is 0 Å². The number of nitrogens with two attached hydrogens (primary N) is 1. The summed E-state index contributed by atoms with van der Waals surface area (Å²) in [4.78, 5) is 10.5. The fraction of sp³-hybridized carbons (Fsp3) is 0.636. The number of nitrogen functional groups attached to an aromatic ring is 1. The summed E-state index contributed by atoms with van der Waals surface area (Å²) in [5, 5.41) is 0. The monoisotopic (exact) mass is 208 g/mol. The Morgan fingerprint density at radius 2 is 1.80 bits per heavy atom. The smallest absolute Gasteiger partial charge is 0.155 e. The molecule has 0 amide bonds. The van der Waals surface area contributed by atoms with Crippen molar-refractivity contribution >= 4 is 11.5 Å². The summed E-state index contributed by atoms with van der Waals surface area (Å²) in [6.45, 7) is 8.05. The Morgan fingerprint density at radius 1 is 1.20 bits per heavy atom. The SMILES string of the molecule is CC.Cc1ncnc(N2CCCC2)c1N. The highest BCUT2D eigenvalue weighted by Gasteiger charge is 2.16. The number of rotatable bonds is 1. The average Bonchev–Trinajstić information content (AvgIpc) is 2.78. The molecule has 2 heterocycles. The van der Waals surface area contributed by atoms with Crippen LogP contribution >= 0.6 is 0 Å². The van der Waals surface area contributed by atoms with Crippen molar-refractivity contribution in [2.75, 3.05) is 23.7 Å². The van der Waals surface area contributed by atoms with Gasteiger partial charge in [0.15, 0.2) is 5.82 Å². The van der Waals surface area contributed by atoms with Gasteiger partial charge in [0.05, 0.1) is 11.4 Å². The van der Waals surface area contributed by atoms with E-state index in [0.717, 1.165) is 30.3 Å². The van der Waals surface area contributed by atoms with Crippen LogP contribution in [0.5, 0.6) is 0 Å². The van der Waals surface area contributed by atoms with Crippen LogP contribution in [0.4, 0.5) is 11.5 Å². The summed E-state index contributed by atoms with van der Waals surface area (Å²) in [6, 6.07) is 0. The molecule has 2 N–H and O–H groups in total. The third-order valence-corrected chi connectivity index (χ3v) is 2.47. The summed E-state index contributed by atoms with van der Waals surface area (Å²) in [5.74, 6) is 0.907. The van der Waals surface area contributed by atoms with Gasteiger partial charge in [0, 0.05) is 13.1 Å². The number of nitrogens with zero attached hydrogens (tertiary/aromatic N) is 3. The van der Waals surface area contributed by atoms with Gasteiger partial charge in [-0.1, -0.05) is 13.8 Å². The quantitative estimate of drug-likeness (QED) is 0.767. The highest BCUT2D eigenvalue weighted by atomic mass is 15.2. The molecule has 1 aliphatic rings. The molecule has 1 aliphatic heterocycles. The van der Waals surface area contributed by atoms with Crippen LogP contribution in [0, 0.1) is 6.92 Å². The second kappa shape index (κ2) is 5.53. The van der Waals surface area contributed by atoms with Crippen LogP contribution in [0.25, 0.3) is 0 Å². The van der Waals surface area contributed by atoms with Crippen molar-refractivity contribution < 1.29 is 0 Å². The van der Waals surface area contributed by atoms with Crippen LogP contribution in [0.1, 0.15) is 32.4 Å². The molecule has 1 aromatic heterocycles. The van der Waals surface area contributed by atoms with Crippen LogP contribution < -0.4 is 10.6 Å². The fourth-order valence-corrected chi connectivity index (χ4v) is 1.65. The Hall–Kier alpha value is -1.32. The maximum absolute atomic E-state index is 5.90. The van der Waals surface area contributed by atoms with E-state index < -0.39 is 0 Å². The van der Waals surface area contributed by atoms with Gasteiger partial charge in [0.2, 0.25) is 0 Å².